The van der Waals surface area contributed by atoms with Gasteiger partial charge in [0.05, 0.1) is 18.9 Å². The van der Waals surface area contributed by atoms with Crippen LogP contribution < -0.4 is 5.01 Å². The molecule has 1 aromatic carbocycles. The highest BCUT2D eigenvalue weighted by Crippen LogP contribution is 2.50. The van der Waals surface area contributed by atoms with Gasteiger partial charge in [0.15, 0.2) is 0 Å². The van der Waals surface area contributed by atoms with Crippen LogP contribution in [0.25, 0.3) is 0 Å². The second-order valence-electron chi connectivity index (χ2n) is 4.41. The van der Waals surface area contributed by atoms with Crippen molar-refractivity contribution in [1.29, 1.82) is 0 Å². The van der Waals surface area contributed by atoms with Crippen LogP contribution in [0.2, 0.25) is 0 Å². The Hall–Kier alpha value is -1.27. The smallest absolute Gasteiger partial charge is 0.381 e. The molecule has 1 aliphatic heterocycles. The molecule has 0 fully saturated rings. The van der Waals surface area contributed by atoms with Gasteiger partial charge in [-0.05, 0) is 26.0 Å². The van der Waals surface area contributed by atoms with E-state index in [0.29, 0.717) is 37.6 Å². The van der Waals surface area contributed by atoms with Crippen molar-refractivity contribution in [2.45, 2.75) is 26.7 Å². The van der Waals surface area contributed by atoms with Crippen molar-refractivity contribution < 1.29 is 18.4 Å². The Morgan fingerprint density at radius 3 is 2.41 bits per heavy atom. The Morgan fingerprint density at radius 2 is 1.82 bits per heavy atom. The topological polar surface area (TPSA) is 60.4 Å². The summed E-state index contributed by atoms with van der Waals surface area (Å²) in [6, 6.07) is 9.19. The fourth-order valence-electron chi connectivity index (χ4n) is 1.91. The molecule has 0 unspecified atom stereocenters. The molecule has 1 amide bonds. The lowest BCUT2D eigenvalue weighted by molar-refractivity contribution is -0.118. The minimum Gasteiger partial charge on any atom is -0.408 e. The van der Waals surface area contributed by atoms with E-state index in [1.807, 2.05) is 44.2 Å². The first-order valence-corrected chi connectivity index (χ1v) is 9.67. The number of carbonyl (C=O) groups excluding carboxylic acids is 1. The summed E-state index contributed by atoms with van der Waals surface area (Å²) in [6.07, 6.45) is 0.696. The molecule has 0 radical (unpaired) electrons. The SMILES string of the molecule is CCOP(=S)(OCC)OC1=NN(c2ccccc2)C(=O)CC1. The predicted molar refractivity (Wildman–Crippen MR) is 89.2 cm³/mol. The third-order valence-electron chi connectivity index (χ3n) is 2.79. The lowest BCUT2D eigenvalue weighted by atomic mass is 10.2. The molecule has 0 bridgehead atoms. The van der Waals surface area contributed by atoms with Crippen LogP contribution in [0, 0.1) is 0 Å². The average Bonchev–Trinajstić information content (AvgIpc) is 2.50. The highest BCUT2D eigenvalue weighted by molar-refractivity contribution is 8.07. The van der Waals surface area contributed by atoms with E-state index in [1.54, 1.807) is 0 Å². The van der Waals surface area contributed by atoms with Gasteiger partial charge in [-0.15, -0.1) is 5.10 Å². The largest absolute Gasteiger partial charge is 0.408 e. The summed E-state index contributed by atoms with van der Waals surface area (Å²) in [5.74, 6) is 0.286. The van der Waals surface area contributed by atoms with Gasteiger partial charge in [0.25, 0.3) is 0 Å². The zero-order valence-corrected chi connectivity index (χ0v) is 14.3. The standard InChI is InChI=1S/C14H19N2O4PS/c1-3-18-21(22,19-4-2)20-13-10-11-14(17)16(15-13)12-8-6-5-7-9-12/h5-9H,3-4,10-11H2,1-2H3. The molecule has 1 aromatic rings. The van der Waals surface area contributed by atoms with Gasteiger partial charge in [0.1, 0.15) is 0 Å². The van der Waals surface area contributed by atoms with Crippen LogP contribution in [-0.4, -0.2) is 25.0 Å². The molecule has 1 aliphatic rings. The van der Waals surface area contributed by atoms with Crippen LogP contribution >= 0.6 is 6.72 Å². The van der Waals surface area contributed by atoms with Crippen molar-refractivity contribution in [1.82, 2.24) is 0 Å². The summed E-state index contributed by atoms with van der Waals surface area (Å²) < 4.78 is 16.6. The fourth-order valence-corrected chi connectivity index (χ4v) is 4.00. The summed E-state index contributed by atoms with van der Waals surface area (Å²) in [5, 5.41) is 5.59. The number of nitrogens with zero attached hydrogens (tertiary/aromatic N) is 2. The quantitative estimate of drug-likeness (QED) is 0.741. The first kappa shape index (κ1) is 17.1. The van der Waals surface area contributed by atoms with E-state index in [-0.39, 0.29) is 5.91 Å². The van der Waals surface area contributed by atoms with Crippen LogP contribution in [0.3, 0.4) is 0 Å². The zero-order chi connectivity index (χ0) is 16.0. The number of hydrogen-bond acceptors (Lipinski definition) is 6. The fraction of sp³-hybridized carbons (Fsp3) is 0.429. The second-order valence-corrected chi connectivity index (χ2v) is 7.34. The molecule has 6 nitrogen and oxygen atoms in total. The van der Waals surface area contributed by atoms with E-state index in [0.717, 1.165) is 0 Å². The first-order valence-electron chi connectivity index (χ1n) is 7.12. The molecule has 0 N–H and O–H groups in total. The van der Waals surface area contributed by atoms with E-state index >= 15 is 0 Å². The number of hydrazone groups is 1. The molecule has 0 aromatic heterocycles. The summed E-state index contributed by atoms with van der Waals surface area (Å²) in [6.45, 7) is 1.58. The van der Waals surface area contributed by atoms with Gasteiger partial charge in [-0.2, -0.15) is 5.01 Å². The molecule has 0 saturated carbocycles. The predicted octanol–water partition coefficient (Wildman–Crippen LogP) is 3.44. The average molecular weight is 342 g/mol. The van der Waals surface area contributed by atoms with E-state index in [4.69, 9.17) is 25.4 Å². The van der Waals surface area contributed by atoms with Gasteiger partial charge in [0.2, 0.25) is 11.8 Å². The molecule has 120 valence electrons. The number of carbonyl (C=O) groups is 1. The third kappa shape index (κ3) is 4.36. The minimum absolute atomic E-state index is 0.0836. The molecule has 0 atom stereocenters. The Bertz CT molecular complexity index is 584. The number of amides is 1. The lowest BCUT2D eigenvalue weighted by Gasteiger charge is -2.26. The van der Waals surface area contributed by atoms with Crippen LogP contribution in [0.4, 0.5) is 5.69 Å². The molecule has 22 heavy (non-hydrogen) atoms. The molecular weight excluding hydrogens is 323 g/mol. The Balaban J connectivity index is 2.20. The van der Waals surface area contributed by atoms with Crippen molar-refractivity contribution in [3.8, 4) is 0 Å². The normalized spacial score (nSPS) is 15.6. The number of hydrogen-bond donors (Lipinski definition) is 0. The number of benzene rings is 1. The number of para-hydroxylation sites is 1. The molecule has 8 heteroatoms. The van der Waals surface area contributed by atoms with Crippen LogP contribution in [0.5, 0.6) is 0 Å². The van der Waals surface area contributed by atoms with Crippen LogP contribution in [-0.2, 0) is 30.2 Å². The van der Waals surface area contributed by atoms with Gasteiger partial charge >= 0.3 is 6.72 Å². The van der Waals surface area contributed by atoms with Crippen molar-refractivity contribution in [2.24, 2.45) is 5.10 Å². The highest BCUT2D eigenvalue weighted by atomic mass is 32.5. The van der Waals surface area contributed by atoms with E-state index in [9.17, 15) is 4.79 Å². The maximum absolute atomic E-state index is 12.0. The molecule has 2 rings (SSSR count). The monoisotopic (exact) mass is 342 g/mol. The molecule has 0 saturated heterocycles. The molecule has 0 spiro atoms. The van der Waals surface area contributed by atoms with Gasteiger partial charge in [-0.25, -0.2) is 0 Å². The third-order valence-corrected chi connectivity index (χ3v) is 5.23. The van der Waals surface area contributed by atoms with E-state index in [2.05, 4.69) is 5.10 Å². The molecule has 1 heterocycles. The van der Waals surface area contributed by atoms with Crippen molar-refractivity contribution in [3.63, 3.8) is 0 Å². The Kier molecular flexibility index (Phi) is 6.08. The van der Waals surface area contributed by atoms with Gasteiger partial charge < -0.3 is 4.52 Å². The van der Waals surface area contributed by atoms with Crippen LogP contribution in [0.15, 0.2) is 35.4 Å². The summed E-state index contributed by atoms with van der Waals surface area (Å²) >= 11 is 5.33. The highest BCUT2D eigenvalue weighted by Gasteiger charge is 2.28. The lowest BCUT2D eigenvalue weighted by Crippen LogP contribution is -2.32. The molecular formula is C14H19N2O4PS. The van der Waals surface area contributed by atoms with E-state index in [1.165, 1.54) is 5.01 Å². The van der Waals surface area contributed by atoms with Crippen molar-refractivity contribution >= 4 is 36.0 Å². The van der Waals surface area contributed by atoms with Gasteiger partial charge in [-0.3, -0.25) is 13.8 Å². The second kappa shape index (κ2) is 7.83. The molecule has 0 aliphatic carbocycles. The van der Waals surface area contributed by atoms with Gasteiger partial charge in [-0.1, -0.05) is 18.2 Å². The van der Waals surface area contributed by atoms with Crippen LogP contribution in [0.1, 0.15) is 26.7 Å². The zero-order valence-electron chi connectivity index (χ0n) is 12.6. The van der Waals surface area contributed by atoms with Crippen molar-refractivity contribution in [2.75, 3.05) is 18.2 Å². The first-order chi connectivity index (χ1) is 10.6. The van der Waals surface area contributed by atoms with Crippen molar-refractivity contribution in [3.05, 3.63) is 30.3 Å². The maximum Gasteiger partial charge on any atom is 0.381 e. The summed E-state index contributed by atoms with van der Waals surface area (Å²) in [5.41, 5.74) is 0.689. The Labute approximate surface area is 135 Å². The summed E-state index contributed by atoms with van der Waals surface area (Å²) in [7, 11) is 0. The summed E-state index contributed by atoms with van der Waals surface area (Å²) in [4.78, 5) is 12.0. The minimum atomic E-state index is -2.86. The number of anilines is 1. The van der Waals surface area contributed by atoms with E-state index < -0.39 is 6.72 Å². The maximum atomic E-state index is 12.0. The Morgan fingerprint density at radius 1 is 1.18 bits per heavy atom. The van der Waals surface area contributed by atoms with Gasteiger partial charge in [0, 0.05) is 24.6 Å². The number of rotatable bonds is 6.